The Kier molecular flexibility index (Phi) is 3.48. The third-order valence-corrected chi connectivity index (χ3v) is 3.99. The van der Waals surface area contributed by atoms with Gasteiger partial charge in [0, 0.05) is 17.5 Å². The lowest BCUT2D eigenvalue weighted by atomic mass is 9.86. The molecule has 4 rings (SSSR count). The van der Waals surface area contributed by atoms with E-state index < -0.39 is 12.3 Å². The summed E-state index contributed by atoms with van der Waals surface area (Å²) in [5, 5.41) is 0. The molecule has 2 aliphatic rings. The lowest BCUT2D eigenvalue weighted by Gasteiger charge is -2.25. The molecule has 25 heavy (non-hydrogen) atoms. The Bertz CT molecular complexity index is 829. The van der Waals surface area contributed by atoms with Gasteiger partial charge >= 0.3 is 12.3 Å². The summed E-state index contributed by atoms with van der Waals surface area (Å²) in [5.41, 5.74) is 1.39. The van der Waals surface area contributed by atoms with Gasteiger partial charge in [-0.25, -0.2) is 0 Å². The van der Waals surface area contributed by atoms with E-state index in [9.17, 15) is 18.0 Å². The molecule has 0 spiro atoms. The molecule has 0 aromatic heterocycles. The molecule has 2 aromatic carbocycles. The van der Waals surface area contributed by atoms with E-state index in [4.69, 9.17) is 14.2 Å². The van der Waals surface area contributed by atoms with Crippen LogP contribution in [0.15, 0.2) is 36.4 Å². The Labute approximate surface area is 139 Å². The van der Waals surface area contributed by atoms with Gasteiger partial charge in [-0.2, -0.15) is 0 Å². The minimum atomic E-state index is -4.75. The topological polar surface area (TPSA) is 54.0 Å². The quantitative estimate of drug-likeness (QED) is 0.609. The number of benzene rings is 2. The zero-order chi connectivity index (χ0) is 17.6. The molecule has 5 nitrogen and oxygen atoms in total. The first kappa shape index (κ1) is 15.6. The Morgan fingerprint density at radius 3 is 2.36 bits per heavy atom. The SMILES string of the molecule is O=C1C[C@@H](c2ccc(OC(F)(F)F)cc2)c2cc3c(cc2O1)OCO3. The monoisotopic (exact) mass is 352 g/mol. The smallest absolute Gasteiger partial charge is 0.454 e. The first-order chi connectivity index (χ1) is 11.9. The van der Waals surface area contributed by atoms with Gasteiger partial charge in [0.15, 0.2) is 11.5 Å². The number of esters is 1. The Hall–Kier alpha value is -2.90. The van der Waals surface area contributed by atoms with Gasteiger partial charge in [-0.1, -0.05) is 12.1 Å². The third-order valence-electron chi connectivity index (χ3n) is 3.99. The molecule has 0 saturated heterocycles. The summed E-state index contributed by atoms with van der Waals surface area (Å²) in [6.07, 6.45) is -4.67. The first-order valence-electron chi connectivity index (χ1n) is 7.39. The molecule has 0 unspecified atom stereocenters. The van der Waals surface area contributed by atoms with Crippen molar-refractivity contribution in [3.05, 3.63) is 47.5 Å². The zero-order valence-electron chi connectivity index (χ0n) is 12.6. The van der Waals surface area contributed by atoms with Crippen LogP contribution in [-0.4, -0.2) is 19.1 Å². The molecule has 0 fully saturated rings. The van der Waals surface area contributed by atoms with Crippen LogP contribution in [0.5, 0.6) is 23.0 Å². The molecule has 2 aliphatic heterocycles. The number of carbonyl (C=O) groups excluding carboxylic acids is 1. The average molecular weight is 352 g/mol. The highest BCUT2D eigenvalue weighted by atomic mass is 19.4. The summed E-state index contributed by atoms with van der Waals surface area (Å²) in [6.45, 7) is 0.0836. The molecule has 0 N–H and O–H groups in total. The number of fused-ring (bicyclic) bond motifs is 2. The van der Waals surface area contributed by atoms with Crippen molar-refractivity contribution in [2.75, 3.05) is 6.79 Å². The maximum absolute atomic E-state index is 12.3. The highest BCUT2D eigenvalue weighted by Crippen LogP contribution is 2.46. The van der Waals surface area contributed by atoms with Crippen molar-refractivity contribution in [3.8, 4) is 23.0 Å². The van der Waals surface area contributed by atoms with Crippen molar-refractivity contribution in [2.24, 2.45) is 0 Å². The van der Waals surface area contributed by atoms with Gasteiger partial charge in [0.25, 0.3) is 0 Å². The molecule has 0 aliphatic carbocycles. The largest absolute Gasteiger partial charge is 0.573 e. The molecule has 2 aromatic rings. The fourth-order valence-corrected chi connectivity index (χ4v) is 2.94. The standard InChI is InChI=1S/C17H11F3O5/c18-17(19,20)25-10-3-1-9(2-4-10)11-6-16(21)24-13-7-15-14(5-12(11)13)22-8-23-15/h1-5,7,11H,6,8H2/t11-/m0/s1. The van der Waals surface area contributed by atoms with E-state index in [0.717, 1.165) is 0 Å². The summed E-state index contributed by atoms with van der Waals surface area (Å²) in [6, 6.07) is 8.75. The maximum atomic E-state index is 12.3. The lowest BCUT2D eigenvalue weighted by molar-refractivity contribution is -0.274. The molecular weight excluding hydrogens is 341 g/mol. The molecule has 0 bridgehead atoms. The van der Waals surface area contributed by atoms with Gasteiger partial charge in [0.05, 0.1) is 6.42 Å². The highest BCUT2D eigenvalue weighted by Gasteiger charge is 2.33. The number of hydrogen-bond donors (Lipinski definition) is 0. The van der Waals surface area contributed by atoms with E-state index in [1.807, 2.05) is 0 Å². The van der Waals surface area contributed by atoms with Gasteiger partial charge < -0.3 is 18.9 Å². The fraction of sp³-hybridized carbons (Fsp3) is 0.235. The summed E-state index contributed by atoms with van der Waals surface area (Å²) >= 11 is 0. The fourth-order valence-electron chi connectivity index (χ4n) is 2.94. The number of carbonyl (C=O) groups is 1. The molecule has 130 valence electrons. The minimum absolute atomic E-state index is 0.0755. The van der Waals surface area contributed by atoms with E-state index in [1.165, 1.54) is 24.3 Å². The van der Waals surface area contributed by atoms with Crippen molar-refractivity contribution in [3.63, 3.8) is 0 Å². The highest BCUT2D eigenvalue weighted by molar-refractivity contribution is 5.78. The van der Waals surface area contributed by atoms with Gasteiger partial charge in [-0.3, -0.25) is 4.79 Å². The van der Waals surface area contributed by atoms with Gasteiger partial charge in [0.1, 0.15) is 11.5 Å². The van der Waals surface area contributed by atoms with Crippen LogP contribution in [0.2, 0.25) is 0 Å². The predicted molar refractivity (Wildman–Crippen MR) is 77.8 cm³/mol. The van der Waals surface area contributed by atoms with Crippen molar-refractivity contribution < 1.29 is 36.9 Å². The van der Waals surface area contributed by atoms with Crippen LogP contribution in [0, 0.1) is 0 Å². The van der Waals surface area contributed by atoms with Gasteiger partial charge in [0.2, 0.25) is 6.79 Å². The minimum Gasteiger partial charge on any atom is -0.454 e. The van der Waals surface area contributed by atoms with E-state index in [-0.39, 0.29) is 24.9 Å². The second kappa shape index (κ2) is 5.58. The van der Waals surface area contributed by atoms with E-state index >= 15 is 0 Å². The van der Waals surface area contributed by atoms with E-state index in [1.54, 1.807) is 12.1 Å². The van der Waals surface area contributed by atoms with Crippen molar-refractivity contribution >= 4 is 5.97 Å². The predicted octanol–water partition coefficient (Wildman–Crippen LogP) is 3.75. The van der Waals surface area contributed by atoms with Crippen molar-refractivity contribution in [1.29, 1.82) is 0 Å². The third kappa shape index (κ3) is 3.07. The Balaban J connectivity index is 1.68. The van der Waals surface area contributed by atoms with Crippen LogP contribution in [0.25, 0.3) is 0 Å². The van der Waals surface area contributed by atoms with E-state index in [2.05, 4.69) is 4.74 Å². The van der Waals surface area contributed by atoms with Crippen LogP contribution >= 0.6 is 0 Å². The lowest BCUT2D eigenvalue weighted by Crippen LogP contribution is -2.21. The molecule has 2 heterocycles. The summed E-state index contributed by atoms with van der Waals surface area (Å²) in [5.74, 6) is 0.291. The molecule has 0 saturated carbocycles. The summed E-state index contributed by atoms with van der Waals surface area (Å²) in [4.78, 5) is 11.9. The number of alkyl halides is 3. The maximum Gasteiger partial charge on any atom is 0.573 e. The van der Waals surface area contributed by atoms with Gasteiger partial charge in [-0.05, 0) is 23.8 Å². The van der Waals surface area contributed by atoms with Crippen LogP contribution in [0.3, 0.4) is 0 Å². The molecule has 1 atom stereocenters. The number of halogens is 3. The molecule has 8 heteroatoms. The second-order valence-electron chi connectivity index (χ2n) is 5.59. The first-order valence-corrected chi connectivity index (χ1v) is 7.39. The normalized spacial score (nSPS) is 18.5. The average Bonchev–Trinajstić information content (AvgIpc) is 2.98. The van der Waals surface area contributed by atoms with Crippen LogP contribution in [-0.2, 0) is 4.79 Å². The summed E-state index contributed by atoms with van der Waals surface area (Å²) < 4.78 is 56.5. The Morgan fingerprint density at radius 1 is 1.00 bits per heavy atom. The second-order valence-corrected chi connectivity index (χ2v) is 5.59. The zero-order valence-corrected chi connectivity index (χ0v) is 12.6. The number of rotatable bonds is 2. The van der Waals surface area contributed by atoms with Crippen molar-refractivity contribution in [1.82, 2.24) is 0 Å². The van der Waals surface area contributed by atoms with Crippen molar-refractivity contribution in [2.45, 2.75) is 18.7 Å². The summed E-state index contributed by atoms with van der Waals surface area (Å²) in [7, 11) is 0. The van der Waals surface area contributed by atoms with Crippen LogP contribution < -0.4 is 18.9 Å². The van der Waals surface area contributed by atoms with E-state index in [0.29, 0.717) is 28.4 Å². The number of hydrogen-bond acceptors (Lipinski definition) is 5. The van der Waals surface area contributed by atoms with Crippen LogP contribution in [0.4, 0.5) is 13.2 Å². The molecule has 0 radical (unpaired) electrons. The number of ether oxygens (including phenoxy) is 4. The molecular formula is C17H11F3O5. The van der Waals surface area contributed by atoms with Crippen LogP contribution in [0.1, 0.15) is 23.5 Å². The molecule has 0 amide bonds. The van der Waals surface area contributed by atoms with Gasteiger partial charge in [-0.15, -0.1) is 13.2 Å². The Morgan fingerprint density at radius 2 is 1.68 bits per heavy atom.